The molecule has 2 rings (SSSR count). The SMILES string of the molecule is COc1cc(C=C2SC(=S)N([C@H](C)C(=O)[O-])C2=O)cc(Br)c1O. The summed E-state index contributed by atoms with van der Waals surface area (Å²) in [4.78, 5) is 24.6. The number of carboxylic acids is 1. The van der Waals surface area contributed by atoms with Crippen LogP contribution in [0.3, 0.4) is 0 Å². The van der Waals surface area contributed by atoms with E-state index in [1.807, 2.05) is 0 Å². The molecule has 0 bridgehead atoms. The van der Waals surface area contributed by atoms with Crippen LogP contribution in [0.5, 0.6) is 11.5 Å². The van der Waals surface area contributed by atoms with Gasteiger partial charge in [-0.1, -0.05) is 24.0 Å². The Morgan fingerprint density at radius 3 is 2.78 bits per heavy atom. The third kappa shape index (κ3) is 3.51. The molecule has 1 amide bonds. The number of phenolic OH excluding ortho intramolecular Hbond substituents is 1. The molecule has 1 aliphatic heterocycles. The molecule has 0 aromatic heterocycles. The number of nitrogens with zero attached hydrogens (tertiary/aromatic N) is 1. The first-order valence-corrected chi connectivity index (χ1v) is 8.32. The van der Waals surface area contributed by atoms with Gasteiger partial charge in [-0.15, -0.1) is 0 Å². The van der Waals surface area contributed by atoms with Gasteiger partial charge in [-0.2, -0.15) is 0 Å². The van der Waals surface area contributed by atoms with Crippen molar-refractivity contribution in [3.8, 4) is 11.5 Å². The number of carbonyl (C=O) groups excluding carboxylic acids is 2. The molecule has 0 radical (unpaired) electrons. The summed E-state index contributed by atoms with van der Waals surface area (Å²) < 4.78 is 5.61. The van der Waals surface area contributed by atoms with Crippen LogP contribution in [-0.2, 0) is 9.59 Å². The second-order valence-corrected chi connectivity index (χ2v) is 7.13. The molecule has 1 aliphatic rings. The highest BCUT2D eigenvalue weighted by molar-refractivity contribution is 9.10. The standard InChI is InChI=1S/C14H12BrNO5S2/c1-6(13(19)20)16-12(18)10(23-14(16)22)5-7-3-8(15)11(17)9(4-7)21-2/h3-6,17H,1-2H3,(H,19,20)/p-1/t6-/m1/s1. The van der Waals surface area contributed by atoms with Crippen molar-refractivity contribution in [1.82, 2.24) is 4.90 Å². The molecule has 1 aromatic rings. The zero-order chi connectivity index (χ0) is 17.3. The van der Waals surface area contributed by atoms with Crippen molar-refractivity contribution in [2.24, 2.45) is 0 Å². The van der Waals surface area contributed by atoms with Gasteiger partial charge >= 0.3 is 0 Å². The van der Waals surface area contributed by atoms with Gasteiger partial charge in [0.1, 0.15) is 4.32 Å². The van der Waals surface area contributed by atoms with Gasteiger partial charge in [-0.3, -0.25) is 9.69 Å². The Hall–Kier alpha value is -1.58. The van der Waals surface area contributed by atoms with Gasteiger partial charge in [-0.25, -0.2) is 0 Å². The van der Waals surface area contributed by atoms with Crippen LogP contribution < -0.4 is 9.84 Å². The quantitative estimate of drug-likeness (QED) is 0.587. The van der Waals surface area contributed by atoms with Gasteiger partial charge in [0.2, 0.25) is 0 Å². The fraction of sp³-hybridized carbons (Fsp3) is 0.214. The molecule has 9 heteroatoms. The van der Waals surface area contributed by atoms with Crippen LogP contribution in [-0.4, -0.2) is 39.4 Å². The lowest BCUT2D eigenvalue weighted by Crippen LogP contribution is -2.48. The van der Waals surface area contributed by atoms with Gasteiger partial charge in [0.05, 0.1) is 28.5 Å². The lowest BCUT2D eigenvalue weighted by atomic mass is 10.1. The van der Waals surface area contributed by atoms with Gasteiger partial charge < -0.3 is 19.7 Å². The number of carbonyl (C=O) groups is 2. The van der Waals surface area contributed by atoms with Crippen molar-refractivity contribution in [3.63, 3.8) is 0 Å². The topological polar surface area (TPSA) is 89.9 Å². The predicted molar refractivity (Wildman–Crippen MR) is 91.8 cm³/mol. The fourth-order valence-electron chi connectivity index (χ4n) is 1.90. The van der Waals surface area contributed by atoms with Crippen molar-refractivity contribution in [1.29, 1.82) is 0 Å². The average Bonchev–Trinajstić information content (AvgIpc) is 2.76. The van der Waals surface area contributed by atoms with Crippen molar-refractivity contribution < 1.29 is 24.5 Å². The smallest absolute Gasteiger partial charge is 0.266 e. The summed E-state index contributed by atoms with van der Waals surface area (Å²) in [7, 11) is 1.41. The van der Waals surface area contributed by atoms with Crippen LogP contribution in [0.15, 0.2) is 21.5 Å². The number of benzene rings is 1. The largest absolute Gasteiger partial charge is 0.548 e. The molecule has 1 fully saturated rings. The third-order valence-electron chi connectivity index (χ3n) is 3.12. The second-order valence-electron chi connectivity index (χ2n) is 4.60. The van der Waals surface area contributed by atoms with E-state index in [1.54, 1.807) is 18.2 Å². The number of methoxy groups -OCH3 is 1. The zero-order valence-electron chi connectivity index (χ0n) is 12.0. The van der Waals surface area contributed by atoms with E-state index in [0.717, 1.165) is 16.7 Å². The number of hydrogen-bond donors (Lipinski definition) is 1. The molecule has 23 heavy (non-hydrogen) atoms. The van der Waals surface area contributed by atoms with Crippen molar-refractivity contribution in [2.75, 3.05) is 7.11 Å². The van der Waals surface area contributed by atoms with Crippen molar-refractivity contribution >= 4 is 62.2 Å². The highest BCUT2D eigenvalue weighted by Gasteiger charge is 2.35. The minimum atomic E-state index is -1.38. The molecule has 1 aromatic carbocycles. The first-order valence-electron chi connectivity index (χ1n) is 6.30. The highest BCUT2D eigenvalue weighted by Crippen LogP contribution is 2.38. The number of amides is 1. The van der Waals surface area contributed by atoms with E-state index in [0.29, 0.717) is 10.0 Å². The van der Waals surface area contributed by atoms with Crippen LogP contribution in [0, 0.1) is 0 Å². The maximum atomic E-state index is 12.3. The summed E-state index contributed by atoms with van der Waals surface area (Å²) in [5.74, 6) is -1.69. The van der Waals surface area contributed by atoms with Crippen LogP contribution in [0.25, 0.3) is 6.08 Å². The van der Waals surface area contributed by atoms with Crippen molar-refractivity contribution in [3.05, 3.63) is 27.1 Å². The zero-order valence-corrected chi connectivity index (χ0v) is 15.3. The number of halogens is 1. The normalized spacial score (nSPS) is 17.7. The molecule has 0 unspecified atom stereocenters. The minimum absolute atomic E-state index is 0.0530. The molecule has 122 valence electrons. The van der Waals surface area contributed by atoms with E-state index in [2.05, 4.69) is 15.9 Å². The van der Waals surface area contributed by atoms with Gasteiger partial charge in [0.25, 0.3) is 5.91 Å². The van der Waals surface area contributed by atoms with Crippen LogP contribution in [0.1, 0.15) is 12.5 Å². The third-order valence-corrected chi connectivity index (χ3v) is 5.06. The van der Waals surface area contributed by atoms with Gasteiger partial charge in [-0.05, 0) is 46.6 Å². The lowest BCUT2D eigenvalue weighted by molar-refractivity contribution is -0.309. The highest BCUT2D eigenvalue weighted by atomic mass is 79.9. The van der Waals surface area contributed by atoms with Gasteiger partial charge in [0.15, 0.2) is 11.5 Å². The summed E-state index contributed by atoms with van der Waals surface area (Å²) in [6.45, 7) is 1.34. The minimum Gasteiger partial charge on any atom is -0.548 e. The van der Waals surface area contributed by atoms with E-state index < -0.39 is 17.9 Å². The predicted octanol–water partition coefficient (Wildman–Crippen LogP) is 1.50. The second kappa shape index (κ2) is 6.90. The summed E-state index contributed by atoms with van der Waals surface area (Å²) >= 11 is 9.26. The van der Waals surface area contributed by atoms with E-state index in [1.165, 1.54) is 14.0 Å². The summed E-state index contributed by atoms with van der Waals surface area (Å²) in [5, 5.41) is 20.8. The number of carboxylic acid groups (broad SMARTS) is 1. The summed E-state index contributed by atoms with van der Waals surface area (Å²) in [6, 6.07) is 2.01. The molecule has 1 heterocycles. The van der Waals surface area contributed by atoms with Gasteiger partial charge in [0, 0.05) is 0 Å². The van der Waals surface area contributed by atoms with Crippen LogP contribution in [0.2, 0.25) is 0 Å². The summed E-state index contributed by atoms with van der Waals surface area (Å²) in [6.07, 6.45) is 1.55. The monoisotopic (exact) mass is 416 g/mol. The molecule has 1 saturated heterocycles. The number of thiocarbonyl (C=S) groups is 1. The Labute approximate surface area is 150 Å². The first kappa shape index (κ1) is 17.8. The van der Waals surface area contributed by atoms with Crippen LogP contribution >= 0.6 is 39.9 Å². The van der Waals surface area contributed by atoms with E-state index in [4.69, 9.17) is 17.0 Å². The molecule has 0 aliphatic carbocycles. The fourth-order valence-corrected chi connectivity index (χ4v) is 3.78. The first-order chi connectivity index (χ1) is 10.8. The van der Waals surface area contributed by atoms with E-state index in [9.17, 15) is 19.8 Å². The summed E-state index contributed by atoms with van der Waals surface area (Å²) in [5.41, 5.74) is 0.591. The number of thioether (sulfide) groups is 1. The maximum Gasteiger partial charge on any atom is 0.266 e. The Kier molecular flexibility index (Phi) is 5.33. The molecule has 0 saturated carbocycles. The molecular formula is C14H11BrNO5S2-. The number of phenols is 1. The van der Waals surface area contributed by atoms with Crippen molar-refractivity contribution in [2.45, 2.75) is 13.0 Å². The van der Waals surface area contributed by atoms with E-state index in [-0.39, 0.29) is 20.7 Å². The Bertz CT molecular complexity index is 734. The number of aliphatic carboxylic acids is 1. The van der Waals surface area contributed by atoms with E-state index >= 15 is 0 Å². The molecule has 0 spiro atoms. The lowest BCUT2D eigenvalue weighted by Gasteiger charge is -2.23. The Balaban J connectivity index is 2.38. The average molecular weight is 417 g/mol. The number of hydrogen-bond acceptors (Lipinski definition) is 7. The molecule has 1 N–H and O–H groups in total. The Morgan fingerprint density at radius 2 is 2.22 bits per heavy atom. The Morgan fingerprint density at radius 1 is 1.57 bits per heavy atom. The molecular weight excluding hydrogens is 406 g/mol. The number of rotatable bonds is 4. The number of aromatic hydroxyl groups is 1. The molecule has 6 nitrogen and oxygen atoms in total. The number of ether oxygens (including phenoxy) is 1. The molecule has 1 atom stereocenters. The van der Waals surface area contributed by atoms with Crippen LogP contribution in [0.4, 0.5) is 0 Å². The maximum absolute atomic E-state index is 12.3.